The molecule has 0 aliphatic heterocycles. The lowest BCUT2D eigenvalue weighted by molar-refractivity contribution is -0.137. The summed E-state index contributed by atoms with van der Waals surface area (Å²) in [5.74, 6) is -1.23. The van der Waals surface area contributed by atoms with Crippen LogP contribution in [0.4, 0.5) is 10.1 Å². The number of carbonyl (C=O) groups is 2. The van der Waals surface area contributed by atoms with Crippen molar-refractivity contribution in [3.05, 3.63) is 95.3 Å². The normalized spacial score (nSPS) is 11.6. The number of para-hydroxylation sites is 2. The van der Waals surface area contributed by atoms with Gasteiger partial charge in [0.05, 0.1) is 11.6 Å². The lowest BCUT2D eigenvalue weighted by Crippen LogP contribution is -2.19. The Balaban J connectivity index is 1.58. The van der Waals surface area contributed by atoms with Crippen molar-refractivity contribution in [2.45, 2.75) is 38.7 Å². The largest absolute Gasteiger partial charge is 0.487 e. The maximum Gasteiger partial charge on any atom is 0.303 e. The molecule has 166 valence electrons. The molecule has 0 aliphatic carbocycles. The topological polar surface area (TPSA) is 75.6 Å². The highest BCUT2D eigenvalue weighted by molar-refractivity contribution is 5.96. The lowest BCUT2D eigenvalue weighted by atomic mass is 10.0. The second kappa shape index (κ2) is 11.1. The number of aliphatic carboxylic acids is 1. The monoisotopic (exact) mass is 435 g/mol. The summed E-state index contributed by atoms with van der Waals surface area (Å²) >= 11 is 0. The average Bonchev–Trinajstić information content (AvgIpc) is 2.79. The Labute approximate surface area is 186 Å². The van der Waals surface area contributed by atoms with Gasteiger partial charge in [-0.2, -0.15) is 0 Å². The average molecular weight is 435 g/mol. The summed E-state index contributed by atoms with van der Waals surface area (Å²) in [4.78, 5) is 23.3. The summed E-state index contributed by atoms with van der Waals surface area (Å²) in [6.45, 7) is 2.10. The Morgan fingerprint density at radius 3 is 2.31 bits per heavy atom. The van der Waals surface area contributed by atoms with Crippen LogP contribution >= 0.6 is 0 Å². The van der Waals surface area contributed by atoms with Gasteiger partial charge in [0.25, 0.3) is 0 Å². The summed E-state index contributed by atoms with van der Waals surface area (Å²) in [6, 6.07) is 21.0. The highest BCUT2D eigenvalue weighted by atomic mass is 19.1. The summed E-state index contributed by atoms with van der Waals surface area (Å²) in [6.07, 6.45) is 1.48. The quantitative estimate of drug-likeness (QED) is 0.438. The van der Waals surface area contributed by atoms with Gasteiger partial charge in [-0.15, -0.1) is 0 Å². The minimum Gasteiger partial charge on any atom is -0.487 e. The molecule has 6 heteroatoms. The fourth-order valence-corrected chi connectivity index (χ4v) is 3.25. The minimum absolute atomic E-state index is 0.160. The summed E-state index contributed by atoms with van der Waals surface area (Å²) in [5, 5.41) is 11.6. The first-order chi connectivity index (χ1) is 15.4. The van der Waals surface area contributed by atoms with Crippen molar-refractivity contribution >= 4 is 17.6 Å². The van der Waals surface area contributed by atoms with E-state index in [0.29, 0.717) is 30.9 Å². The molecule has 0 aromatic heterocycles. The number of nitrogens with one attached hydrogen (secondary N) is 1. The maximum absolute atomic E-state index is 13.1. The third kappa shape index (κ3) is 6.67. The van der Waals surface area contributed by atoms with Gasteiger partial charge in [0.2, 0.25) is 5.91 Å². The molecule has 5 nitrogen and oxygen atoms in total. The van der Waals surface area contributed by atoms with Crippen LogP contribution in [0.5, 0.6) is 5.75 Å². The van der Waals surface area contributed by atoms with Crippen LogP contribution in [-0.2, 0) is 22.6 Å². The van der Waals surface area contributed by atoms with Gasteiger partial charge in [0.15, 0.2) is 0 Å². The zero-order valence-electron chi connectivity index (χ0n) is 17.9. The zero-order chi connectivity index (χ0) is 22.9. The van der Waals surface area contributed by atoms with Crippen molar-refractivity contribution in [3.8, 4) is 5.75 Å². The lowest BCUT2D eigenvalue weighted by Gasteiger charge is -2.16. The van der Waals surface area contributed by atoms with Gasteiger partial charge in [-0.25, -0.2) is 4.39 Å². The first kappa shape index (κ1) is 23.0. The van der Waals surface area contributed by atoms with Gasteiger partial charge >= 0.3 is 5.97 Å². The molecule has 0 aliphatic rings. The fourth-order valence-electron chi connectivity index (χ4n) is 3.25. The summed E-state index contributed by atoms with van der Waals surface area (Å²) in [5.41, 5.74) is 3.34. The number of ether oxygens (including phenoxy) is 1. The Bertz CT molecular complexity index is 1050. The van der Waals surface area contributed by atoms with E-state index < -0.39 is 11.9 Å². The molecular formula is C26H26FNO4. The number of carboxylic acids is 1. The van der Waals surface area contributed by atoms with Crippen molar-refractivity contribution in [2.75, 3.05) is 5.32 Å². The van der Waals surface area contributed by atoms with E-state index in [9.17, 15) is 14.0 Å². The first-order valence-corrected chi connectivity index (χ1v) is 10.5. The van der Waals surface area contributed by atoms with Gasteiger partial charge in [0, 0.05) is 6.42 Å². The molecule has 3 aromatic carbocycles. The number of aryl methyl sites for hydroxylation is 1. The molecule has 0 bridgehead atoms. The highest BCUT2D eigenvalue weighted by Gasteiger charge is 2.17. The number of carbonyl (C=O) groups excluding carboxylic acids is 1. The third-order valence-electron chi connectivity index (χ3n) is 5.18. The van der Waals surface area contributed by atoms with Crippen molar-refractivity contribution in [2.24, 2.45) is 0 Å². The van der Waals surface area contributed by atoms with Crippen LogP contribution in [0, 0.1) is 5.82 Å². The number of rotatable bonds is 10. The van der Waals surface area contributed by atoms with Crippen LogP contribution in [0.15, 0.2) is 72.8 Å². The van der Waals surface area contributed by atoms with E-state index in [1.54, 1.807) is 31.2 Å². The Morgan fingerprint density at radius 2 is 1.62 bits per heavy atom. The number of hydrogen-bond acceptors (Lipinski definition) is 3. The van der Waals surface area contributed by atoms with Gasteiger partial charge in [0.1, 0.15) is 18.2 Å². The summed E-state index contributed by atoms with van der Waals surface area (Å²) < 4.78 is 19.1. The Morgan fingerprint density at radius 1 is 0.969 bits per heavy atom. The molecular weight excluding hydrogens is 409 g/mol. The summed E-state index contributed by atoms with van der Waals surface area (Å²) in [7, 11) is 0. The van der Waals surface area contributed by atoms with Crippen LogP contribution in [0.25, 0.3) is 0 Å². The highest BCUT2D eigenvalue weighted by Crippen LogP contribution is 2.27. The number of benzene rings is 3. The van der Waals surface area contributed by atoms with E-state index in [1.165, 1.54) is 12.1 Å². The molecule has 1 atom stereocenters. The van der Waals surface area contributed by atoms with Gasteiger partial charge in [-0.3, -0.25) is 9.59 Å². The number of halogens is 1. The molecule has 0 heterocycles. The molecule has 0 spiro atoms. The van der Waals surface area contributed by atoms with Crippen molar-refractivity contribution in [1.29, 1.82) is 0 Å². The van der Waals surface area contributed by atoms with Crippen molar-refractivity contribution in [1.82, 2.24) is 0 Å². The van der Waals surface area contributed by atoms with E-state index in [2.05, 4.69) is 5.32 Å². The molecule has 2 N–H and O–H groups in total. The molecule has 0 saturated carbocycles. The number of anilines is 1. The van der Waals surface area contributed by atoms with Gasteiger partial charge < -0.3 is 15.2 Å². The van der Waals surface area contributed by atoms with Crippen LogP contribution in [0.2, 0.25) is 0 Å². The van der Waals surface area contributed by atoms with Crippen molar-refractivity contribution < 1.29 is 23.8 Å². The van der Waals surface area contributed by atoms with E-state index >= 15 is 0 Å². The second-order valence-electron chi connectivity index (χ2n) is 7.61. The smallest absolute Gasteiger partial charge is 0.303 e. The second-order valence-corrected chi connectivity index (χ2v) is 7.61. The standard InChI is InChI=1S/C26H26FNO4/c1-18(21-13-15-22(27)16-14-21)26(31)28-23-6-2-3-7-24(23)32-17-20-11-9-19(10-12-20)5-4-8-25(29)30/h2-3,6-7,9-16,18H,4-5,8,17H2,1H3,(H,28,31)(H,29,30). The van der Waals surface area contributed by atoms with Crippen LogP contribution in [-0.4, -0.2) is 17.0 Å². The van der Waals surface area contributed by atoms with Gasteiger partial charge in [-0.1, -0.05) is 48.5 Å². The van der Waals surface area contributed by atoms with E-state index in [4.69, 9.17) is 9.84 Å². The molecule has 0 fully saturated rings. The Hall–Kier alpha value is -3.67. The molecule has 3 aromatic rings. The minimum atomic E-state index is -0.784. The van der Waals surface area contributed by atoms with Crippen molar-refractivity contribution in [3.63, 3.8) is 0 Å². The SMILES string of the molecule is CC(C(=O)Nc1ccccc1OCc1ccc(CCCC(=O)O)cc1)c1ccc(F)cc1. The van der Waals surface area contributed by atoms with Gasteiger partial charge in [-0.05, 0) is 60.7 Å². The van der Waals surface area contributed by atoms with E-state index in [1.807, 2.05) is 36.4 Å². The molecule has 1 unspecified atom stereocenters. The number of carboxylic acid groups (broad SMARTS) is 1. The van der Waals surface area contributed by atoms with E-state index in [0.717, 1.165) is 16.7 Å². The zero-order valence-corrected chi connectivity index (χ0v) is 17.9. The maximum atomic E-state index is 13.1. The predicted octanol–water partition coefficient (Wildman–Crippen LogP) is 5.55. The van der Waals surface area contributed by atoms with Crippen LogP contribution in [0.1, 0.15) is 42.4 Å². The molecule has 0 radical (unpaired) electrons. The molecule has 0 saturated heterocycles. The van der Waals surface area contributed by atoms with E-state index in [-0.39, 0.29) is 18.1 Å². The first-order valence-electron chi connectivity index (χ1n) is 10.5. The van der Waals surface area contributed by atoms with Crippen LogP contribution < -0.4 is 10.1 Å². The molecule has 3 rings (SSSR count). The third-order valence-corrected chi connectivity index (χ3v) is 5.18. The Kier molecular flexibility index (Phi) is 7.97. The predicted molar refractivity (Wildman–Crippen MR) is 121 cm³/mol. The molecule has 1 amide bonds. The number of amides is 1. The van der Waals surface area contributed by atoms with Crippen LogP contribution in [0.3, 0.4) is 0 Å². The number of hydrogen-bond donors (Lipinski definition) is 2. The molecule has 32 heavy (non-hydrogen) atoms. The fraction of sp³-hybridized carbons (Fsp3) is 0.231.